The molecule has 1 heterocycles. The van der Waals surface area contributed by atoms with Crippen molar-refractivity contribution in [3.8, 4) is 0 Å². The lowest BCUT2D eigenvalue weighted by molar-refractivity contribution is -0.122. The molecule has 2 rings (SSSR count). The number of rotatable bonds is 6. The molecule has 4 nitrogen and oxygen atoms in total. The zero-order chi connectivity index (χ0) is 16.8. The fourth-order valence-electron chi connectivity index (χ4n) is 2.32. The second-order valence-electron chi connectivity index (χ2n) is 5.18. The topological polar surface area (TPSA) is 51.1 Å². The highest BCUT2D eigenvalue weighted by atomic mass is 19.1. The second kappa shape index (κ2) is 7.67. The summed E-state index contributed by atoms with van der Waals surface area (Å²) < 4.78 is 28.5. The standard InChI is InChI=1S/C17H18F2N2O2/c1-2-15(13-11-12(18)6-7-14(13)19)20-16(22)8-10-21-9-4-3-5-17(21)23/h3-7,9,11,15H,2,8,10H2,1H3,(H,20,22). The minimum atomic E-state index is -0.606. The number of carbonyl (C=O) groups is 1. The first kappa shape index (κ1) is 16.9. The van der Waals surface area contributed by atoms with Gasteiger partial charge in [0.15, 0.2) is 0 Å². The maximum absolute atomic E-state index is 13.8. The van der Waals surface area contributed by atoms with Gasteiger partial charge in [0.2, 0.25) is 5.91 Å². The molecule has 0 fully saturated rings. The fourth-order valence-corrected chi connectivity index (χ4v) is 2.32. The van der Waals surface area contributed by atoms with Crippen LogP contribution < -0.4 is 10.9 Å². The van der Waals surface area contributed by atoms with Gasteiger partial charge < -0.3 is 9.88 Å². The van der Waals surface area contributed by atoms with Gasteiger partial charge in [-0.05, 0) is 30.7 Å². The first-order valence-electron chi connectivity index (χ1n) is 7.41. The molecule has 2 aromatic rings. The molecule has 0 aliphatic rings. The van der Waals surface area contributed by atoms with Crippen LogP contribution in [0.3, 0.4) is 0 Å². The molecule has 0 saturated heterocycles. The molecule has 1 N–H and O–H groups in total. The molecule has 0 radical (unpaired) electrons. The predicted octanol–water partition coefficient (Wildman–Crippen LogP) is 2.78. The van der Waals surface area contributed by atoms with Gasteiger partial charge in [-0.1, -0.05) is 13.0 Å². The summed E-state index contributed by atoms with van der Waals surface area (Å²) in [5.74, 6) is -1.43. The number of carbonyl (C=O) groups excluding carboxylic acids is 1. The van der Waals surface area contributed by atoms with Crippen LogP contribution in [-0.4, -0.2) is 10.5 Å². The number of aromatic nitrogens is 1. The molecule has 1 unspecified atom stereocenters. The smallest absolute Gasteiger partial charge is 0.250 e. The SMILES string of the molecule is CCC(NC(=O)CCn1ccccc1=O)c1cc(F)ccc1F. The zero-order valence-corrected chi connectivity index (χ0v) is 12.8. The number of nitrogens with zero attached hydrogens (tertiary/aromatic N) is 1. The lowest BCUT2D eigenvalue weighted by Crippen LogP contribution is -2.30. The molecule has 0 saturated carbocycles. The molecule has 122 valence electrons. The highest BCUT2D eigenvalue weighted by Gasteiger charge is 2.17. The average Bonchev–Trinajstić information content (AvgIpc) is 2.54. The molecule has 6 heteroatoms. The van der Waals surface area contributed by atoms with Gasteiger partial charge in [-0.2, -0.15) is 0 Å². The Morgan fingerprint density at radius 3 is 2.74 bits per heavy atom. The van der Waals surface area contributed by atoms with Crippen molar-refractivity contribution < 1.29 is 13.6 Å². The van der Waals surface area contributed by atoms with E-state index in [0.717, 1.165) is 18.2 Å². The average molecular weight is 320 g/mol. The maximum Gasteiger partial charge on any atom is 0.250 e. The van der Waals surface area contributed by atoms with Gasteiger partial charge in [-0.15, -0.1) is 0 Å². The van der Waals surface area contributed by atoms with E-state index in [1.54, 1.807) is 25.3 Å². The van der Waals surface area contributed by atoms with Crippen LogP contribution in [0.4, 0.5) is 8.78 Å². The molecule has 0 bridgehead atoms. The molecule has 1 atom stereocenters. The molecule has 23 heavy (non-hydrogen) atoms. The number of nitrogens with one attached hydrogen (secondary N) is 1. The Morgan fingerprint density at radius 1 is 1.26 bits per heavy atom. The summed E-state index contributed by atoms with van der Waals surface area (Å²) in [6.07, 6.45) is 2.11. The van der Waals surface area contributed by atoms with Crippen molar-refractivity contribution in [1.82, 2.24) is 9.88 Å². The highest BCUT2D eigenvalue weighted by molar-refractivity contribution is 5.76. The monoisotopic (exact) mass is 320 g/mol. The van der Waals surface area contributed by atoms with E-state index in [9.17, 15) is 18.4 Å². The summed E-state index contributed by atoms with van der Waals surface area (Å²) in [6.45, 7) is 2.00. The molecular formula is C17H18F2N2O2. The van der Waals surface area contributed by atoms with Crippen LogP contribution >= 0.6 is 0 Å². The molecule has 0 spiro atoms. The Kier molecular flexibility index (Phi) is 5.62. The third-order valence-corrected chi connectivity index (χ3v) is 3.56. The summed E-state index contributed by atoms with van der Waals surface area (Å²) in [5, 5.41) is 2.68. The summed E-state index contributed by atoms with van der Waals surface area (Å²) in [7, 11) is 0. The third-order valence-electron chi connectivity index (χ3n) is 3.56. The van der Waals surface area contributed by atoms with E-state index in [1.165, 1.54) is 10.6 Å². The van der Waals surface area contributed by atoms with Gasteiger partial charge in [0, 0.05) is 30.8 Å². The van der Waals surface area contributed by atoms with Crippen LogP contribution in [-0.2, 0) is 11.3 Å². The number of benzene rings is 1. The third kappa shape index (κ3) is 4.48. The summed E-state index contributed by atoms with van der Waals surface area (Å²) >= 11 is 0. The highest BCUT2D eigenvalue weighted by Crippen LogP contribution is 2.21. The van der Waals surface area contributed by atoms with Crippen molar-refractivity contribution >= 4 is 5.91 Å². The molecule has 0 aliphatic carbocycles. The van der Waals surface area contributed by atoms with E-state index in [1.807, 2.05) is 0 Å². The van der Waals surface area contributed by atoms with Crippen molar-refractivity contribution in [2.45, 2.75) is 32.4 Å². The Hall–Kier alpha value is -2.50. The zero-order valence-electron chi connectivity index (χ0n) is 12.8. The van der Waals surface area contributed by atoms with Crippen LogP contribution in [0.5, 0.6) is 0 Å². The van der Waals surface area contributed by atoms with Crippen molar-refractivity contribution in [2.75, 3.05) is 0 Å². The molecule has 1 aromatic heterocycles. The number of hydrogen-bond donors (Lipinski definition) is 1. The van der Waals surface area contributed by atoms with Gasteiger partial charge in [0.1, 0.15) is 11.6 Å². The van der Waals surface area contributed by atoms with Gasteiger partial charge in [0.25, 0.3) is 5.56 Å². The number of amides is 1. The van der Waals surface area contributed by atoms with Gasteiger partial charge in [0.05, 0.1) is 6.04 Å². The van der Waals surface area contributed by atoms with E-state index in [2.05, 4.69) is 5.32 Å². The van der Waals surface area contributed by atoms with E-state index >= 15 is 0 Å². The Morgan fingerprint density at radius 2 is 2.04 bits per heavy atom. The first-order valence-corrected chi connectivity index (χ1v) is 7.41. The maximum atomic E-state index is 13.8. The van der Waals surface area contributed by atoms with Crippen LogP contribution in [0.2, 0.25) is 0 Å². The van der Waals surface area contributed by atoms with Crippen molar-refractivity contribution in [3.05, 3.63) is 70.1 Å². The second-order valence-corrected chi connectivity index (χ2v) is 5.18. The predicted molar refractivity (Wildman–Crippen MR) is 82.9 cm³/mol. The van der Waals surface area contributed by atoms with Crippen molar-refractivity contribution in [2.24, 2.45) is 0 Å². The minimum absolute atomic E-state index is 0.0807. The van der Waals surface area contributed by atoms with Gasteiger partial charge >= 0.3 is 0 Å². The molecular weight excluding hydrogens is 302 g/mol. The normalized spacial score (nSPS) is 12.0. The van der Waals surface area contributed by atoms with E-state index < -0.39 is 17.7 Å². The summed E-state index contributed by atoms with van der Waals surface area (Å²) in [5.41, 5.74) is -0.0683. The Bertz CT molecular complexity index is 743. The number of pyridine rings is 1. The van der Waals surface area contributed by atoms with Gasteiger partial charge in [-0.25, -0.2) is 8.78 Å². The Balaban J connectivity index is 2.01. The van der Waals surface area contributed by atoms with Crippen molar-refractivity contribution in [3.63, 3.8) is 0 Å². The lowest BCUT2D eigenvalue weighted by Gasteiger charge is -2.18. The van der Waals surface area contributed by atoms with Crippen LogP contribution in [0, 0.1) is 11.6 Å². The summed E-state index contributed by atoms with van der Waals surface area (Å²) in [4.78, 5) is 23.6. The van der Waals surface area contributed by atoms with Crippen LogP contribution in [0.1, 0.15) is 31.4 Å². The molecule has 0 aliphatic heterocycles. The molecule has 1 aromatic carbocycles. The number of hydrogen-bond acceptors (Lipinski definition) is 2. The minimum Gasteiger partial charge on any atom is -0.349 e. The summed E-state index contributed by atoms with van der Waals surface area (Å²) in [6, 6.07) is 7.30. The quantitative estimate of drug-likeness (QED) is 0.890. The first-order chi connectivity index (χ1) is 11.0. The van der Waals surface area contributed by atoms with Crippen LogP contribution in [0.25, 0.3) is 0 Å². The fraction of sp³-hybridized carbons (Fsp3) is 0.294. The van der Waals surface area contributed by atoms with Crippen LogP contribution in [0.15, 0.2) is 47.4 Å². The molecule has 1 amide bonds. The number of halogens is 2. The van der Waals surface area contributed by atoms with E-state index in [-0.39, 0.29) is 30.0 Å². The Labute approximate surface area is 132 Å². The van der Waals surface area contributed by atoms with Gasteiger partial charge in [-0.3, -0.25) is 9.59 Å². The number of aryl methyl sites for hydroxylation is 1. The van der Waals surface area contributed by atoms with E-state index in [0.29, 0.717) is 6.42 Å². The lowest BCUT2D eigenvalue weighted by atomic mass is 10.0. The largest absolute Gasteiger partial charge is 0.349 e. The van der Waals surface area contributed by atoms with Crippen molar-refractivity contribution in [1.29, 1.82) is 0 Å². The van der Waals surface area contributed by atoms with E-state index in [4.69, 9.17) is 0 Å².